The largest absolute Gasteiger partial charge is 0.393 e. The molecule has 1 aromatic rings. The highest BCUT2D eigenvalue weighted by molar-refractivity contribution is 7.15. The zero-order chi connectivity index (χ0) is 15.6. The quantitative estimate of drug-likeness (QED) is 0.881. The summed E-state index contributed by atoms with van der Waals surface area (Å²) in [6, 6.07) is 0. The summed E-state index contributed by atoms with van der Waals surface area (Å²) < 4.78 is 0. The molecule has 0 radical (unpaired) electrons. The Labute approximate surface area is 130 Å². The van der Waals surface area contributed by atoms with Gasteiger partial charge in [0.1, 0.15) is 0 Å². The Morgan fingerprint density at radius 1 is 1.33 bits per heavy atom. The first kappa shape index (κ1) is 15.0. The molecule has 0 saturated heterocycles. The number of nitrogens with one attached hydrogen (secondary N) is 1. The van der Waals surface area contributed by atoms with E-state index in [-0.39, 0.29) is 16.7 Å². The Morgan fingerprint density at radius 3 is 2.43 bits per heavy atom. The first-order valence-corrected chi connectivity index (χ1v) is 8.39. The van der Waals surface area contributed by atoms with Gasteiger partial charge in [-0.25, -0.2) is 4.98 Å². The summed E-state index contributed by atoms with van der Waals surface area (Å²) in [4.78, 5) is 18.5. The van der Waals surface area contributed by atoms with E-state index in [4.69, 9.17) is 0 Å². The van der Waals surface area contributed by atoms with Gasteiger partial charge < -0.3 is 10.4 Å². The molecule has 2 N–H and O–H groups in total. The Hall–Kier alpha value is -0.940. The van der Waals surface area contributed by atoms with Gasteiger partial charge in [-0.05, 0) is 43.9 Å². The van der Waals surface area contributed by atoms with Gasteiger partial charge in [0.2, 0.25) is 5.91 Å². The molecule has 1 aromatic heterocycles. The first-order chi connectivity index (χ1) is 9.64. The third kappa shape index (κ3) is 1.70. The van der Waals surface area contributed by atoms with E-state index in [2.05, 4.69) is 31.1 Å². The van der Waals surface area contributed by atoms with Gasteiger partial charge in [0, 0.05) is 4.88 Å². The van der Waals surface area contributed by atoms with Crippen molar-refractivity contribution < 1.29 is 9.90 Å². The van der Waals surface area contributed by atoms with E-state index < -0.39 is 11.5 Å². The van der Waals surface area contributed by atoms with Gasteiger partial charge in [-0.1, -0.05) is 20.8 Å². The topological polar surface area (TPSA) is 62.2 Å². The average molecular weight is 308 g/mol. The molecule has 3 rings (SSSR count). The maximum absolute atomic E-state index is 13.0. The number of nitrogens with zero attached hydrogens (tertiary/aromatic N) is 1. The van der Waals surface area contributed by atoms with E-state index in [1.165, 1.54) is 11.3 Å². The number of fused-ring (bicyclic) bond motifs is 2. The third-order valence-corrected chi connectivity index (χ3v) is 7.64. The first-order valence-electron chi connectivity index (χ1n) is 7.58. The van der Waals surface area contributed by atoms with Crippen LogP contribution in [0.5, 0.6) is 0 Å². The number of anilines is 1. The molecule has 2 saturated carbocycles. The molecular weight excluding hydrogens is 284 g/mol. The second kappa shape index (κ2) is 4.29. The Balaban J connectivity index is 1.91. The lowest BCUT2D eigenvalue weighted by Gasteiger charge is -2.39. The van der Waals surface area contributed by atoms with E-state index in [0.29, 0.717) is 11.6 Å². The van der Waals surface area contributed by atoms with Crippen LogP contribution in [0.25, 0.3) is 0 Å². The zero-order valence-electron chi connectivity index (χ0n) is 13.4. The number of aliphatic hydroxyl groups is 1. The van der Waals surface area contributed by atoms with E-state index in [0.717, 1.165) is 23.4 Å². The number of aromatic nitrogens is 1. The van der Waals surface area contributed by atoms with Gasteiger partial charge in [-0.2, -0.15) is 0 Å². The highest BCUT2D eigenvalue weighted by atomic mass is 32.1. The molecule has 4 nitrogen and oxygen atoms in total. The maximum atomic E-state index is 13.0. The standard InChI is InChI=1S/C16H24N2O2S/c1-9-10(2)21-13(17-9)18-12(20)16-7-6-15(5,11(19)8-16)14(16,3)4/h11,19H,6-8H2,1-5H3,(H,17,18,20). The number of aryl methyl sites for hydroxylation is 2. The lowest BCUT2D eigenvalue weighted by Crippen LogP contribution is -2.43. The molecule has 1 amide bonds. The van der Waals surface area contributed by atoms with Crippen LogP contribution in [0.4, 0.5) is 5.13 Å². The number of rotatable bonds is 2. The van der Waals surface area contributed by atoms with Crippen molar-refractivity contribution in [1.29, 1.82) is 0 Å². The van der Waals surface area contributed by atoms with Crippen LogP contribution in [0, 0.1) is 30.1 Å². The molecule has 0 aliphatic heterocycles. The monoisotopic (exact) mass is 308 g/mol. The third-order valence-electron chi connectivity index (χ3n) is 6.66. The molecule has 1 heterocycles. The number of carbonyl (C=O) groups excluding carboxylic acids is 1. The van der Waals surface area contributed by atoms with Crippen LogP contribution < -0.4 is 5.32 Å². The van der Waals surface area contributed by atoms with Crippen LogP contribution in [-0.4, -0.2) is 22.1 Å². The molecule has 0 spiro atoms. The zero-order valence-corrected chi connectivity index (χ0v) is 14.2. The van der Waals surface area contributed by atoms with Gasteiger partial charge >= 0.3 is 0 Å². The molecule has 2 fully saturated rings. The van der Waals surface area contributed by atoms with Crippen LogP contribution >= 0.6 is 11.3 Å². The molecule has 3 atom stereocenters. The lowest BCUT2D eigenvalue weighted by atomic mass is 9.64. The summed E-state index contributed by atoms with van der Waals surface area (Å²) in [5.41, 5.74) is 0.119. The van der Waals surface area contributed by atoms with Crippen molar-refractivity contribution in [1.82, 2.24) is 4.98 Å². The molecule has 0 aromatic carbocycles. The van der Waals surface area contributed by atoms with Crippen LogP contribution in [0.15, 0.2) is 0 Å². The predicted molar refractivity (Wildman–Crippen MR) is 84.4 cm³/mol. The van der Waals surface area contributed by atoms with Crippen LogP contribution in [-0.2, 0) is 4.79 Å². The fourth-order valence-electron chi connectivity index (χ4n) is 4.37. The van der Waals surface area contributed by atoms with Gasteiger partial charge in [0.25, 0.3) is 0 Å². The van der Waals surface area contributed by atoms with Crippen molar-refractivity contribution in [3.05, 3.63) is 10.6 Å². The number of amides is 1. The van der Waals surface area contributed by atoms with Crippen molar-refractivity contribution in [3.8, 4) is 0 Å². The smallest absolute Gasteiger partial charge is 0.233 e. The number of carbonyl (C=O) groups is 1. The number of aliphatic hydroxyl groups excluding tert-OH is 1. The highest BCUT2D eigenvalue weighted by Gasteiger charge is 2.72. The van der Waals surface area contributed by atoms with E-state index in [9.17, 15) is 9.90 Å². The van der Waals surface area contributed by atoms with Crippen molar-refractivity contribution in [2.75, 3.05) is 5.32 Å². The predicted octanol–water partition coefficient (Wildman–Crippen LogP) is 3.28. The molecule has 21 heavy (non-hydrogen) atoms. The summed E-state index contributed by atoms with van der Waals surface area (Å²) in [5.74, 6) is 0.0292. The van der Waals surface area contributed by atoms with Gasteiger partial charge in [0.15, 0.2) is 5.13 Å². The van der Waals surface area contributed by atoms with Crippen molar-refractivity contribution in [2.24, 2.45) is 16.2 Å². The molecule has 2 aliphatic carbocycles. The van der Waals surface area contributed by atoms with Crippen molar-refractivity contribution in [2.45, 2.75) is 60.0 Å². The summed E-state index contributed by atoms with van der Waals surface area (Å²) in [6.07, 6.45) is 1.92. The van der Waals surface area contributed by atoms with Gasteiger partial charge in [0.05, 0.1) is 17.2 Å². The lowest BCUT2D eigenvalue weighted by molar-refractivity contribution is -0.130. The van der Waals surface area contributed by atoms with Gasteiger partial charge in [-0.3, -0.25) is 4.79 Å². The second-order valence-corrected chi connectivity index (χ2v) is 8.66. The molecule has 116 valence electrons. The fraction of sp³-hybridized carbons (Fsp3) is 0.750. The summed E-state index contributed by atoms with van der Waals surface area (Å²) in [6.45, 7) is 10.4. The van der Waals surface area contributed by atoms with E-state index >= 15 is 0 Å². The SMILES string of the molecule is Cc1nc(NC(=O)C23CCC(C)(C(O)C2)C3(C)C)sc1C. The van der Waals surface area contributed by atoms with E-state index in [1.807, 2.05) is 13.8 Å². The normalized spacial score (nSPS) is 37.0. The number of hydrogen-bond donors (Lipinski definition) is 2. The minimum Gasteiger partial charge on any atom is -0.393 e. The average Bonchev–Trinajstić information content (AvgIpc) is 2.85. The maximum Gasteiger partial charge on any atom is 0.233 e. The number of hydrogen-bond acceptors (Lipinski definition) is 4. The molecule has 3 unspecified atom stereocenters. The highest BCUT2D eigenvalue weighted by Crippen LogP contribution is 2.72. The van der Waals surface area contributed by atoms with Crippen LogP contribution in [0.1, 0.15) is 50.6 Å². The summed E-state index contributed by atoms with van der Waals surface area (Å²) in [5, 5.41) is 14.1. The molecule has 2 aliphatic rings. The van der Waals surface area contributed by atoms with Crippen LogP contribution in [0.2, 0.25) is 0 Å². The van der Waals surface area contributed by atoms with Gasteiger partial charge in [-0.15, -0.1) is 11.3 Å². The minimum atomic E-state index is -0.478. The minimum absolute atomic E-state index is 0.0292. The Morgan fingerprint density at radius 2 is 2.00 bits per heavy atom. The van der Waals surface area contributed by atoms with Crippen molar-refractivity contribution in [3.63, 3.8) is 0 Å². The van der Waals surface area contributed by atoms with Crippen molar-refractivity contribution >= 4 is 22.4 Å². The van der Waals surface area contributed by atoms with E-state index in [1.54, 1.807) is 0 Å². The fourth-order valence-corrected chi connectivity index (χ4v) is 5.18. The van der Waals surface area contributed by atoms with Crippen LogP contribution in [0.3, 0.4) is 0 Å². The molecular formula is C16H24N2O2S. The summed E-state index contributed by atoms with van der Waals surface area (Å²) in [7, 11) is 0. The number of thiazole rings is 1. The molecule has 5 heteroatoms. The second-order valence-electron chi connectivity index (χ2n) is 7.46. The Bertz CT molecular complexity index is 590. The Kier molecular flexibility index (Phi) is 3.06. The molecule has 2 bridgehead atoms. The summed E-state index contributed by atoms with van der Waals surface area (Å²) >= 11 is 1.52.